The molecule has 0 heterocycles. The average Bonchev–Trinajstić information content (AvgIpc) is 2.32. The smallest absolute Gasteiger partial charge is 1.00 e. The molecule has 0 unspecified atom stereocenters. The van der Waals surface area contributed by atoms with Crippen molar-refractivity contribution in [2.24, 2.45) is 0 Å². The van der Waals surface area contributed by atoms with Crippen LogP contribution in [0, 0.1) is 19.9 Å². The molecule has 0 aromatic heterocycles. The van der Waals surface area contributed by atoms with Gasteiger partial charge in [0.1, 0.15) is 5.75 Å². The molecule has 0 aliphatic carbocycles. The Bertz CT molecular complexity index is 471. The molecule has 18 heavy (non-hydrogen) atoms. The van der Waals surface area contributed by atoms with Gasteiger partial charge in [0.25, 0.3) is 0 Å². The zero-order valence-corrected chi connectivity index (χ0v) is 13.7. The number of hydrogen-bond donors (Lipinski definition) is 0. The van der Waals surface area contributed by atoms with Gasteiger partial charge in [0, 0.05) is 0 Å². The molecule has 0 fully saturated rings. The van der Waals surface area contributed by atoms with Gasteiger partial charge in [0.2, 0.25) is 0 Å². The maximum absolute atomic E-state index is 5.77. The van der Waals surface area contributed by atoms with Gasteiger partial charge in [-0.15, -0.1) is 5.56 Å². The molecule has 0 amide bonds. The van der Waals surface area contributed by atoms with E-state index >= 15 is 0 Å². The van der Waals surface area contributed by atoms with E-state index in [1.165, 1.54) is 11.1 Å². The Labute approximate surface area is 135 Å². The third-order valence-electron chi connectivity index (χ3n) is 2.50. The molecule has 2 rings (SSSR count). The molecule has 0 saturated carbocycles. The standard InChI is InChI=1S/C15H15O.BrH.Mg/c1-12-8-9-13(2)15(10-12)16-11-14-6-4-3-5-7-14;;/h3-6,8-10H,11H2,1-2H3;1H;/q-1;;+2/p-1. The first-order valence-corrected chi connectivity index (χ1v) is 5.41. The van der Waals surface area contributed by atoms with Gasteiger partial charge in [-0.05, 0) is 31.0 Å². The van der Waals surface area contributed by atoms with Gasteiger partial charge in [-0.3, -0.25) is 0 Å². The van der Waals surface area contributed by atoms with Gasteiger partial charge in [0.05, 0.1) is 6.61 Å². The molecule has 2 aromatic carbocycles. The third-order valence-corrected chi connectivity index (χ3v) is 2.50. The summed E-state index contributed by atoms with van der Waals surface area (Å²) in [5, 5.41) is 0. The van der Waals surface area contributed by atoms with Gasteiger partial charge < -0.3 is 21.7 Å². The Morgan fingerprint density at radius 1 is 1.11 bits per heavy atom. The van der Waals surface area contributed by atoms with Crippen molar-refractivity contribution >= 4 is 23.1 Å². The van der Waals surface area contributed by atoms with E-state index in [0.29, 0.717) is 6.61 Å². The van der Waals surface area contributed by atoms with E-state index in [1.54, 1.807) is 0 Å². The van der Waals surface area contributed by atoms with E-state index in [2.05, 4.69) is 38.1 Å². The molecule has 3 heteroatoms. The van der Waals surface area contributed by atoms with Crippen LogP contribution in [-0.2, 0) is 6.61 Å². The van der Waals surface area contributed by atoms with Crippen molar-refractivity contribution in [1.82, 2.24) is 0 Å². The van der Waals surface area contributed by atoms with Gasteiger partial charge in [-0.25, -0.2) is 0 Å². The van der Waals surface area contributed by atoms with Crippen LogP contribution in [0.15, 0.2) is 42.5 Å². The molecule has 1 nitrogen and oxygen atoms in total. The van der Waals surface area contributed by atoms with Crippen LogP contribution in [0.25, 0.3) is 0 Å². The van der Waals surface area contributed by atoms with Crippen LogP contribution in [0.3, 0.4) is 0 Å². The molecular weight excluding hydrogens is 300 g/mol. The zero-order chi connectivity index (χ0) is 11.4. The predicted octanol–water partition coefficient (Wildman–Crippen LogP) is 0.306. The molecule has 0 aliphatic rings. The number of ether oxygens (including phenoxy) is 1. The minimum absolute atomic E-state index is 0. The zero-order valence-electron chi connectivity index (χ0n) is 10.7. The molecule has 0 aliphatic heterocycles. The quantitative estimate of drug-likeness (QED) is 0.585. The number of halogens is 1. The summed E-state index contributed by atoms with van der Waals surface area (Å²) in [5.41, 5.74) is 3.46. The molecule has 0 N–H and O–H groups in total. The average molecular weight is 315 g/mol. The molecule has 0 spiro atoms. The largest absolute Gasteiger partial charge is 2.00 e. The van der Waals surface area contributed by atoms with Crippen molar-refractivity contribution in [2.45, 2.75) is 20.5 Å². The Kier molecular flexibility index (Phi) is 8.32. The Hall–Kier alpha value is -0.514. The molecule has 0 atom stereocenters. The van der Waals surface area contributed by atoms with E-state index in [0.717, 1.165) is 11.3 Å². The number of aryl methyl sites for hydroxylation is 2. The summed E-state index contributed by atoms with van der Waals surface area (Å²) in [5.74, 6) is 0.956. The molecule has 0 radical (unpaired) electrons. The number of hydrogen-bond acceptors (Lipinski definition) is 1. The molecule has 90 valence electrons. The van der Waals surface area contributed by atoms with Crippen molar-refractivity contribution in [3.63, 3.8) is 0 Å². The van der Waals surface area contributed by atoms with E-state index < -0.39 is 0 Å². The fraction of sp³-hybridized carbons (Fsp3) is 0.200. The Morgan fingerprint density at radius 3 is 2.56 bits per heavy atom. The summed E-state index contributed by atoms with van der Waals surface area (Å²) >= 11 is 0. The maximum Gasteiger partial charge on any atom is 2.00 e. The summed E-state index contributed by atoms with van der Waals surface area (Å²) in [6.45, 7) is 4.70. The monoisotopic (exact) mass is 314 g/mol. The van der Waals surface area contributed by atoms with Crippen LogP contribution in [0.5, 0.6) is 5.75 Å². The predicted molar refractivity (Wildman–Crippen MR) is 71.3 cm³/mol. The first kappa shape index (κ1) is 17.5. The van der Waals surface area contributed by atoms with E-state index in [1.807, 2.05) is 24.3 Å². The van der Waals surface area contributed by atoms with Gasteiger partial charge >= 0.3 is 23.1 Å². The maximum atomic E-state index is 5.77. The van der Waals surface area contributed by atoms with E-state index in [4.69, 9.17) is 4.74 Å². The minimum atomic E-state index is 0. The SMILES string of the molecule is Cc1ccc(C)c(OCc2[c-]cccc2)c1.[Br-].[Mg+2]. The third kappa shape index (κ3) is 5.00. The second kappa shape index (κ2) is 8.56. The van der Waals surface area contributed by atoms with Crippen LogP contribution in [0.4, 0.5) is 0 Å². The van der Waals surface area contributed by atoms with Gasteiger partial charge in [0.15, 0.2) is 0 Å². The van der Waals surface area contributed by atoms with Crippen molar-refractivity contribution < 1.29 is 21.7 Å². The summed E-state index contributed by atoms with van der Waals surface area (Å²) in [7, 11) is 0. The summed E-state index contributed by atoms with van der Waals surface area (Å²) in [4.78, 5) is 0. The first-order valence-electron chi connectivity index (χ1n) is 5.41. The second-order valence-electron chi connectivity index (χ2n) is 3.95. The summed E-state index contributed by atoms with van der Waals surface area (Å²) in [6.07, 6.45) is 0. The van der Waals surface area contributed by atoms with E-state index in [9.17, 15) is 0 Å². The van der Waals surface area contributed by atoms with Crippen LogP contribution < -0.4 is 21.7 Å². The van der Waals surface area contributed by atoms with Crippen molar-refractivity contribution in [3.8, 4) is 5.75 Å². The molecular formula is C15H15BrMgO. The fourth-order valence-corrected chi connectivity index (χ4v) is 1.54. The topological polar surface area (TPSA) is 9.23 Å². The Balaban J connectivity index is 0.00000144. The second-order valence-corrected chi connectivity index (χ2v) is 3.95. The summed E-state index contributed by atoms with van der Waals surface area (Å²) in [6, 6.07) is 17.3. The fourth-order valence-electron chi connectivity index (χ4n) is 1.54. The molecule has 0 bridgehead atoms. The minimum Gasteiger partial charge on any atom is -1.00 e. The van der Waals surface area contributed by atoms with Crippen LogP contribution >= 0.6 is 0 Å². The number of rotatable bonds is 3. The van der Waals surface area contributed by atoms with Crippen LogP contribution in [-0.4, -0.2) is 23.1 Å². The molecule has 2 aromatic rings. The van der Waals surface area contributed by atoms with Gasteiger partial charge in [-0.1, -0.05) is 12.1 Å². The number of benzene rings is 2. The van der Waals surface area contributed by atoms with Crippen molar-refractivity contribution in [1.29, 1.82) is 0 Å². The van der Waals surface area contributed by atoms with Crippen LogP contribution in [0.1, 0.15) is 16.7 Å². The van der Waals surface area contributed by atoms with E-state index in [-0.39, 0.29) is 40.0 Å². The molecule has 0 saturated heterocycles. The first-order chi connectivity index (χ1) is 7.75. The van der Waals surface area contributed by atoms with Gasteiger partial charge in [-0.2, -0.15) is 30.3 Å². The van der Waals surface area contributed by atoms with Crippen LogP contribution in [0.2, 0.25) is 0 Å². The normalized spacial score (nSPS) is 9.00. The summed E-state index contributed by atoms with van der Waals surface area (Å²) < 4.78 is 5.77. The van der Waals surface area contributed by atoms with Crippen molar-refractivity contribution in [3.05, 3.63) is 65.2 Å². The van der Waals surface area contributed by atoms with Crippen molar-refractivity contribution in [2.75, 3.05) is 0 Å². The Morgan fingerprint density at radius 2 is 1.89 bits per heavy atom.